The Labute approximate surface area is 125 Å². The fourth-order valence-corrected chi connectivity index (χ4v) is 2.75. The van der Waals surface area contributed by atoms with E-state index >= 15 is 0 Å². The Bertz CT molecular complexity index is 406. The first-order chi connectivity index (χ1) is 8.61. The molecule has 1 aliphatic rings. The molecule has 0 bridgehead atoms. The van der Waals surface area contributed by atoms with Gasteiger partial charge in [-0.2, -0.15) is 0 Å². The Morgan fingerprint density at radius 1 is 1.42 bits per heavy atom. The average molecular weight is 307 g/mol. The first kappa shape index (κ1) is 16.7. The van der Waals surface area contributed by atoms with Gasteiger partial charge >= 0.3 is 0 Å². The lowest BCUT2D eigenvalue weighted by Crippen LogP contribution is -2.37. The van der Waals surface area contributed by atoms with Crippen molar-refractivity contribution in [1.82, 2.24) is 4.90 Å². The molecule has 1 aromatic carbocycles. The van der Waals surface area contributed by atoms with E-state index in [0.717, 1.165) is 38.0 Å². The molecule has 1 saturated heterocycles. The van der Waals surface area contributed by atoms with Gasteiger partial charge in [0.1, 0.15) is 5.82 Å². The Hall–Kier alpha value is -0.350. The first-order valence-electron chi connectivity index (χ1n) is 6.51. The van der Waals surface area contributed by atoms with Gasteiger partial charge in [0.05, 0.1) is 5.02 Å². The van der Waals surface area contributed by atoms with E-state index in [1.54, 1.807) is 6.07 Å². The molecule has 0 amide bonds. The second-order valence-electron chi connectivity index (χ2n) is 5.06. The van der Waals surface area contributed by atoms with E-state index in [1.165, 1.54) is 6.07 Å². The topological polar surface area (TPSA) is 29.3 Å². The summed E-state index contributed by atoms with van der Waals surface area (Å²) >= 11 is 5.83. The molecule has 0 saturated carbocycles. The van der Waals surface area contributed by atoms with Gasteiger partial charge in [-0.25, -0.2) is 4.39 Å². The molecule has 2 rings (SSSR count). The van der Waals surface area contributed by atoms with Gasteiger partial charge in [0.2, 0.25) is 0 Å². The zero-order valence-electron chi connectivity index (χ0n) is 11.1. The number of nitrogens with zero attached hydrogens (tertiary/aromatic N) is 1. The maximum atomic E-state index is 13.1. The van der Waals surface area contributed by atoms with Crippen molar-refractivity contribution in [1.29, 1.82) is 0 Å². The van der Waals surface area contributed by atoms with E-state index in [2.05, 4.69) is 11.8 Å². The molecule has 1 atom stereocenters. The maximum Gasteiger partial charge on any atom is 0.141 e. The number of rotatable bonds is 3. The smallest absolute Gasteiger partial charge is 0.141 e. The van der Waals surface area contributed by atoms with Crippen LogP contribution in [0.3, 0.4) is 0 Å². The predicted molar refractivity (Wildman–Crippen MR) is 80.4 cm³/mol. The van der Waals surface area contributed by atoms with Crippen LogP contribution in [-0.4, -0.2) is 24.5 Å². The fourth-order valence-electron chi connectivity index (χ4n) is 2.56. The molecule has 0 aromatic heterocycles. The van der Waals surface area contributed by atoms with Crippen LogP contribution in [0.25, 0.3) is 0 Å². The Kier molecular flexibility index (Phi) is 6.54. The number of hydrogen-bond acceptors (Lipinski definition) is 2. The van der Waals surface area contributed by atoms with Gasteiger partial charge in [0, 0.05) is 6.04 Å². The van der Waals surface area contributed by atoms with E-state index in [4.69, 9.17) is 17.3 Å². The van der Waals surface area contributed by atoms with Crippen LogP contribution in [0.1, 0.15) is 31.4 Å². The molecule has 19 heavy (non-hydrogen) atoms. The molecule has 0 spiro atoms. The van der Waals surface area contributed by atoms with Crippen molar-refractivity contribution in [3.05, 3.63) is 34.6 Å². The van der Waals surface area contributed by atoms with Gasteiger partial charge in [-0.15, -0.1) is 12.4 Å². The molecule has 2 nitrogen and oxygen atoms in total. The Balaban J connectivity index is 0.00000180. The second kappa shape index (κ2) is 7.44. The van der Waals surface area contributed by atoms with Crippen LogP contribution in [-0.2, 0) is 0 Å². The van der Waals surface area contributed by atoms with Crippen LogP contribution in [0.4, 0.5) is 4.39 Å². The number of piperidine rings is 1. The quantitative estimate of drug-likeness (QED) is 0.924. The minimum absolute atomic E-state index is 0. The van der Waals surface area contributed by atoms with Crippen molar-refractivity contribution < 1.29 is 4.39 Å². The van der Waals surface area contributed by atoms with Crippen molar-refractivity contribution in [3.63, 3.8) is 0 Å². The van der Waals surface area contributed by atoms with E-state index in [9.17, 15) is 4.39 Å². The van der Waals surface area contributed by atoms with Crippen LogP contribution < -0.4 is 5.73 Å². The van der Waals surface area contributed by atoms with E-state index in [-0.39, 0.29) is 29.3 Å². The number of likely N-dealkylation sites (tertiary alicyclic amines) is 1. The second-order valence-corrected chi connectivity index (χ2v) is 5.47. The van der Waals surface area contributed by atoms with Gasteiger partial charge in [0.25, 0.3) is 0 Å². The monoisotopic (exact) mass is 306 g/mol. The van der Waals surface area contributed by atoms with E-state index in [0.29, 0.717) is 5.92 Å². The molecule has 1 aromatic rings. The van der Waals surface area contributed by atoms with Crippen LogP contribution in [0.15, 0.2) is 18.2 Å². The lowest BCUT2D eigenvalue weighted by atomic mass is 9.95. The zero-order chi connectivity index (χ0) is 13.1. The highest BCUT2D eigenvalue weighted by molar-refractivity contribution is 6.30. The summed E-state index contributed by atoms with van der Waals surface area (Å²) in [6, 6.07) is 5.28. The van der Waals surface area contributed by atoms with Gasteiger partial charge < -0.3 is 5.73 Å². The van der Waals surface area contributed by atoms with Crippen molar-refractivity contribution in [2.75, 3.05) is 19.6 Å². The number of halogens is 3. The third kappa shape index (κ3) is 4.06. The van der Waals surface area contributed by atoms with E-state index < -0.39 is 0 Å². The third-order valence-corrected chi connectivity index (χ3v) is 4.25. The van der Waals surface area contributed by atoms with Crippen molar-refractivity contribution in [2.45, 2.75) is 25.8 Å². The van der Waals surface area contributed by atoms with Gasteiger partial charge in [-0.3, -0.25) is 4.90 Å². The lowest BCUT2D eigenvalue weighted by Gasteiger charge is -2.36. The highest BCUT2D eigenvalue weighted by Crippen LogP contribution is 2.28. The van der Waals surface area contributed by atoms with Gasteiger partial charge in [-0.05, 0) is 63.0 Å². The SMILES string of the molecule is CC(c1ccc(F)c(Cl)c1)N1CCC(CN)CC1.Cl. The lowest BCUT2D eigenvalue weighted by molar-refractivity contribution is 0.143. The van der Waals surface area contributed by atoms with Gasteiger partial charge in [0.15, 0.2) is 0 Å². The summed E-state index contributed by atoms with van der Waals surface area (Å²) in [5.41, 5.74) is 6.77. The summed E-state index contributed by atoms with van der Waals surface area (Å²) in [6.07, 6.45) is 2.30. The van der Waals surface area contributed by atoms with Crippen LogP contribution in [0.5, 0.6) is 0 Å². The average Bonchev–Trinajstić information content (AvgIpc) is 2.41. The molecule has 0 radical (unpaired) electrons. The van der Waals surface area contributed by atoms with Crippen LogP contribution in [0, 0.1) is 11.7 Å². The Morgan fingerprint density at radius 3 is 2.58 bits per heavy atom. The highest BCUT2D eigenvalue weighted by Gasteiger charge is 2.23. The Morgan fingerprint density at radius 2 is 2.05 bits per heavy atom. The number of nitrogens with two attached hydrogens (primary N) is 1. The number of hydrogen-bond donors (Lipinski definition) is 1. The highest BCUT2D eigenvalue weighted by atomic mass is 35.5. The van der Waals surface area contributed by atoms with Crippen molar-refractivity contribution in [3.8, 4) is 0 Å². The minimum atomic E-state index is -0.352. The molecule has 1 aliphatic heterocycles. The van der Waals surface area contributed by atoms with Crippen LogP contribution in [0.2, 0.25) is 5.02 Å². The molecular formula is C14H21Cl2FN2. The van der Waals surface area contributed by atoms with Crippen LogP contribution >= 0.6 is 24.0 Å². The largest absolute Gasteiger partial charge is 0.330 e. The fraction of sp³-hybridized carbons (Fsp3) is 0.571. The van der Waals surface area contributed by atoms with Crippen molar-refractivity contribution in [2.24, 2.45) is 11.7 Å². The summed E-state index contributed by atoms with van der Waals surface area (Å²) in [6.45, 7) is 5.03. The summed E-state index contributed by atoms with van der Waals surface area (Å²) in [7, 11) is 0. The maximum absolute atomic E-state index is 13.1. The standard InChI is InChI=1S/C14H20ClFN2.ClH/c1-10(12-2-3-14(16)13(15)8-12)18-6-4-11(9-17)5-7-18;/h2-3,8,10-11H,4-7,9,17H2,1H3;1H. The van der Waals surface area contributed by atoms with Gasteiger partial charge in [-0.1, -0.05) is 17.7 Å². The van der Waals surface area contributed by atoms with Crippen molar-refractivity contribution >= 4 is 24.0 Å². The van der Waals surface area contributed by atoms with E-state index in [1.807, 2.05) is 6.07 Å². The third-order valence-electron chi connectivity index (χ3n) is 3.96. The molecule has 1 fully saturated rings. The molecule has 2 N–H and O–H groups in total. The summed E-state index contributed by atoms with van der Waals surface area (Å²) < 4.78 is 13.1. The summed E-state index contributed by atoms with van der Waals surface area (Å²) in [4.78, 5) is 2.41. The molecule has 108 valence electrons. The molecular weight excluding hydrogens is 286 g/mol. The predicted octanol–water partition coefficient (Wildman–Crippen LogP) is 3.63. The summed E-state index contributed by atoms with van der Waals surface area (Å²) in [5.74, 6) is 0.305. The minimum Gasteiger partial charge on any atom is -0.330 e. The zero-order valence-corrected chi connectivity index (χ0v) is 12.7. The summed E-state index contributed by atoms with van der Waals surface area (Å²) in [5, 5.41) is 0.205. The molecule has 5 heteroatoms. The normalized spacial score (nSPS) is 18.9. The molecule has 1 heterocycles. The number of benzene rings is 1. The first-order valence-corrected chi connectivity index (χ1v) is 6.88. The molecule has 0 aliphatic carbocycles. The molecule has 1 unspecified atom stereocenters.